The Morgan fingerprint density at radius 2 is 1.94 bits per heavy atom. The first kappa shape index (κ1) is 10.4. The minimum Gasteiger partial charge on any atom is -0.269 e. The molecule has 0 aromatic carbocycles. The molecule has 2 heterocycles. The molecule has 0 radical (unpaired) electrons. The van der Waals surface area contributed by atoms with Gasteiger partial charge in [0.2, 0.25) is 0 Å². The van der Waals surface area contributed by atoms with Gasteiger partial charge in [0.1, 0.15) is 5.82 Å². The molecule has 0 spiro atoms. The molecule has 0 N–H and O–H groups in total. The highest BCUT2D eigenvalue weighted by Crippen LogP contribution is 2.00. The van der Waals surface area contributed by atoms with Gasteiger partial charge in [-0.1, -0.05) is 6.07 Å². The second-order valence-electron chi connectivity index (χ2n) is 3.50. The number of aryl methyl sites for hydroxylation is 1. The lowest BCUT2D eigenvalue weighted by molar-refractivity contribution is 0.719. The van der Waals surface area contributed by atoms with Crippen LogP contribution in [0.1, 0.15) is 5.69 Å². The molecule has 0 atom stereocenters. The predicted molar refractivity (Wildman–Crippen MR) is 59.8 cm³/mol. The van der Waals surface area contributed by atoms with E-state index in [4.69, 9.17) is 0 Å². The fourth-order valence-electron chi connectivity index (χ4n) is 1.41. The quantitative estimate of drug-likeness (QED) is 0.687. The van der Waals surface area contributed by atoms with Crippen LogP contribution in [0.25, 0.3) is 5.82 Å². The second kappa shape index (κ2) is 3.77. The molecule has 2 aromatic rings. The third kappa shape index (κ3) is 1.67. The Morgan fingerprint density at radius 1 is 1.19 bits per heavy atom. The van der Waals surface area contributed by atoms with Gasteiger partial charge in [-0.15, -0.1) is 0 Å². The lowest BCUT2D eigenvalue weighted by Gasteiger charge is -2.06. The van der Waals surface area contributed by atoms with Crippen molar-refractivity contribution in [3.8, 4) is 5.82 Å². The van der Waals surface area contributed by atoms with Crippen LogP contribution in [-0.2, 0) is 7.05 Å². The maximum absolute atomic E-state index is 11.8. The monoisotopic (exact) mass is 217 g/mol. The van der Waals surface area contributed by atoms with E-state index in [0.717, 1.165) is 10.3 Å². The molecule has 5 heteroatoms. The first-order chi connectivity index (χ1) is 7.59. The average Bonchev–Trinajstić information content (AvgIpc) is 2.26. The van der Waals surface area contributed by atoms with Gasteiger partial charge in [0.15, 0.2) is 0 Å². The molecular weight excluding hydrogens is 206 g/mol. The van der Waals surface area contributed by atoms with Crippen LogP contribution in [0, 0.1) is 6.92 Å². The molecule has 0 bridgehead atoms. The lowest BCUT2D eigenvalue weighted by atomic mass is 10.4. The van der Waals surface area contributed by atoms with Crippen molar-refractivity contribution < 1.29 is 0 Å². The van der Waals surface area contributed by atoms with Crippen molar-refractivity contribution in [2.24, 2.45) is 7.05 Å². The van der Waals surface area contributed by atoms with Crippen molar-refractivity contribution in [3.63, 3.8) is 0 Å². The van der Waals surface area contributed by atoms with Gasteiger partial charge in [0.05, 0.1) is 0 Å². The molecule has 0 aliphatic rings. The molecule has 0 aliphatic carbocycles. The van der Waals surface area contributed by atoms with Crippen molar-refractivity contribution >= 4 is 0 Å². The summed E-state index contributed by atoms with van der Waals surface area (Å²) in [6.45, 7) is 1.84. The van der Waals surface area contributed by atoms with Crippen molar-refractivity contribution in [2.75, 3.05) is 0 Å². The number of hydrogen-bond acceptors (Lipinski definition) is 3. The van der Waals surface area contributed by atoms with Crippen molar-refractivity contribution in [1.29, 1.82) is 0 Å². The summed E-state index contributed by atoms with van der Waals surface area (Å²) in [5.41, 5.74) is 0.0951. The first-order valence-electron chi connectivity index (χ1n) is 4.82. The summed E-state index contributed by atoms with van der Waals surface area (Å²) in [7, 11) is 1.44. The number of nitrogens with zero attached hydrogens (tertiary/aromatic N) is 3. The smallest absolute Gasteiger partial charge is 0.269 e. The van der Waals surface area contributed by atoms with E-state index in [1.54, 1.807) is 6.07 Å². The molecule has 5 nitrogen and oxygen atoms in total. The number of rotatable bonds is 1. The van der Waals surface area contributed by atoms with E-state index in [1.165, 1.54) is 23.9 Å². The zero-order valence-electron chi connectivity index (χ0n) is 9.04. The number of aromatic nitrogens is 3. The maximum atomic E-state index is 11.8. The molecular formula is C11H11N3O2. The summed E-state index contributed by atoms with van der Waals surface area (Å²) in [4.78, 5) is 27.2. The van der Waals surface area contributed by atoms with Crippen LogP contribution < -0.4 is 11.2 Å². The molecule has 0 aliphatic heterocycles. The average molecular weight is 217 g/mol. The molecule has 0 amide bonds. The molecule has 0 saturated heterocycles. The number of pyridine rings is 1. The minimum absolute atomic E-state index is 0.325. The van der Waals surface area contributed by atoms with E-state index in [9.17, 15) is 9.59 Å². The molecule has 0 saturated carbocycles. The van der Waals surface area contributed by atoms with Gasteiger partial charge in [0.25, 0.3) is 5.56 Å². The third-order valence-electron chi connectivity index (χ3n) is 2.31. The molecule has 0 unspecified atom stereocenters. The van der Waals surface area contributed by atoms with E-state index >= 15 is 0 Å². The van der Waals surface area contributed by atoms with Gasteiger partial charge in [-0.3, -0.25) is 13.9 Å². The van der Waals surface area contributed by atoms with E-state index < -0.39 is 5.69 Å². The standard InChI is InChI=1S/C11H11N3O2/c1-8-4-3-5-9(12-8)14-7-6-10(15)13(2)11(14)16/h3-7H,1-2H3. The van der Waals surface area contributed by atoms with Gasteiger partial charge >= 0.3 is 5.69 Å². The van der Waals surface area contributed by atoms with Crippen LogP contribution in [0.4, 0.5) is 0 Å². The van der Waals surface area contributed by atoms with Crippen molar-refractivity contribution in [2.45, 2.75) is 6.92 Å². The summed E-state index contributed by atoms with van der Waals surface area (Å²) in [6, 6.07) is 6.72. The van der Waals surface area contributed by atoms with E-state index in [2.05, 4.69) is 4.98 Å². The number of hydrogen-bond donors (Lipinski definition) is 0. The highest BCUT2D eigenvalue weighted by molar-refractivity contribution is 5.23. The predicted octanol–water partition coefficient (Wildman–Crippen LogP) is 0.240. The van der Waals surface area contributed by atoms with Gasteiger partial charge in [-0.2, -0.15) is 0 Å². The van der Waals surface area contributed by atoms with Crippen molar-refractivity contribution in [1.82, 2.24) is 14.1 Å². The van der Waals surface area contributed by atoms with Crippen LogP contribution in [0.2, 0.25) is 0 Å². The fourth-order valence-corrected chi connectivity index (χ4v) is 1.41. The Morgan fingerprint density at radius 3 is 2.62 bits per heavy atom. The summed E-state index contributed by atoms with van der Waals surface area (Å²) in [5.74, 6) is 0.514. The summed E-state index contributed by atoms with van der Waals surface area (Å²) >= 11 is 0. The lowest BCUT2D eigenvalue weighted by Crippen LogP contribution is -2.36. The normalized spacial score (nSPS) is 10.4. The van der Waals surface area contributed by atoms with Gasteiger partial charge < -0.3 is 0 Å². The van der Waals surface area contributed by atoms with Crippen LogP contribution in [0.15, 0.2) is 40.1 Å². The van der Waals surface area contributed by atoms with E-state index in [1.807, 2.05) is 19.1 Å². The topological polar surface area (TPSA) is 56.9 Å². The molecule has 0 fully saturated rings. The van der Waals surface area contributed by atoms with Crippen LogP contribution in [0.3, 0.4) is 0 Å². The Kier molecular flexibility index (Phi) is 2.44. The van der Waals surface area contributed by atoms with E-state index in [0.29, 0.717) is 5.82 Å². The van der Waals surface area contributed by atoms with E-state index in [-0.39, 0.29) is 5.56 Å². The van der Waals surface area contributed by atoms with Crippen molar-refractivity contribution in [3.05, 3.63) is 57.0 Å². The van der Waals surface area contributed by atoms with Gasteiger partial charge in [-0.25, -0.2) is 9.78 Å². The SMILES string of the molecule is Cc1cccc(-n2ccc(=O)n(C)c2=O)n1. The summed E-state index contributed by atoms with van der Waals surface area (Å²) < 4.78 is 2.39. The Hall–Kier alpha value is -2.17. The van der Waals surface area contributed by atoms with Crippen LogP contribution in [-0.4, -0.2) is 14.1 Å². The fraction of sp³-hybridized carbons (Fsp3) is 0.182. The zero-order valence-corrected chi connectivity index (χ0v) is 9.04. The largest absolute Gasteiger partial charge is 0.336 e. The molecule has 2 rings (SSSR count). The molecule has 16 heavy (non-hydrogen) atoms. The Labute approximate surface area is 91.6 Å². The third-order valence-corrected chi connectivity index (χ3v) is 2.31. The Balaban J connectivity index is 2.71. The zero-order chi connectivity index (χ0) is 11.7. The molecule has 82 valence electrons. The minimum atomic E-state index is -0.398. The van der Waals surface area contributed by atoms with Crippen LogP contribution >= 0.6 is 0 Å². The van der Waals surface area contributed by atoms with Gasteiger partial charge in [-0.05, 0) is 19.1 Å². The summed E-state index contributed by atoms with van der Waals surface area (Å²) in [5, 5.41) is 0. The highest BCUT2D eigenvalue weighted by Gasteiger charge is 2.04. The maximum Gasteiger partial charge on any atom is 0.336 e. The summed E-state index contributed by atoms with van der Waals surface area (Å²) in [6.07, 6.45) is 1.44. The van der Waals surface area contributed by atoms with Gasteiger partial charge in [0, 0.05) is 25.0 Å². The van der Waals surface area contributed by atoms with Crippen LogP contribution in [0.5, 0.6) is 0 Å². The first-order valence-corrected chi connectivity index (χ1v) is 4.82. The Bertz CT molecular complexity index is 640. The molecule has 2 aromatic heterocycles. The second-order valence-corrected chi connectivity index (χ2v) is 3.50. The highest BCUT2D eigenvalue weighted by atomic mass is 16.2.